The van der Waals surface area contributed by atoms with Gasteiger partial charge in [0.15, 0.2) is 0 Å². The quantitative estimate of drug-likeness (QED) is 0.906. The van der Waals surface area contributed by atoms with Gasteiger partial charge in [0.1, 0.15) is 11.9 Å². The average molecular weight is 249 g/mol. The first kappa shape index (κ1) is 12.1. The van der Waals surface area contributed by atoms with Crippen LogP contribution >= 0.6 is 11.3 Å². The molecule has 1 N–H and O–H groups in total. The molecule has 0 aliphatic rings. The largest absolute Gasteiger partial charge is 0.494 e. The zero-order valence-electron chi connectivity index (χ0n) is 9.88. The second-order valence-electron chi connectivity index (χ2n) is 3.70. The van der Waals surface area contributed by atoms with Gasteiger partial charge in [-0.05, 0) is 31.5 Å². The molecule has 0 saturated heterocycles. The maximum absolute atomic E-state index is 10.1. The minimum atomic E-state index is -0.657. The Kier molecular flexibility index (Phi) is 3.76. The molecule has 1 aromatic heterocycles. The summed E-state index contributed by atoms with van der Waals surface area (Å²) in [5.41, 5.74) is 1.54. The molecule has 90 valence electrons. The number of hydrogen-bond donors (Lipinski definition) is 1. The van der Waals surface area contributed by atoms with Gasteiger partial charge in [0.25, 0.3) is 0 Å². The van der Waals surface area contributed by atoms with E-state index in [0.717, 1.165) is 16.3 Å². The average Bonchev–Trinajstić information content (AvgIpc) is 2.76. The van der Waals surface area contributed by atoms with Crippen LogP contribution < -0.4 is 4.74 Å². The number of hydrogen-bond acceptors (Lipinski definition) is 4. The van der Waals surface area contributed by atoms with Crippen LogP contribution in [-0.4, -0.2) is 16.7 Å². The van der Waals surface area contributed by atoms with E-state index < -0.39 is 6.10 Å². The van der Waals surface area contributed by atoms with Crippen LogP contribution in [0.3, 0.4) is 0 Å². The Morgan fingerprint density at radius 1 is 1.35 bits per heavy atom. The van der Waals surface area contributed by atoms with Crippen molar-refractivity contribution in [2.75, 3.05) is 6.61 Å². The highest BCUT2D eigenvalue weighted by molar-refractivity contribution is 7.09. The Labute approximate surface area is 105 Å². The van der Waals surface area contributed by atoms with Gasteiger partial charge in [0.05, 0.1) is 17.3 Å². The highest BCUT2D eigenvalue weighted by atomic mass is 32.1. The molecule has 1 heterocycles. The van der Waals surface area contributed by atoms with E-state index in [1.165, 1.54) is 0 Å². The van der Waals surface area contributed by atoms with E-state index in [-0.39, 0.29) is 0 Å². The molecule has 0 spiro atoms. The van der Waals surface area contributed by atoms with Crippen LogP contribution in [0.2, 0.25) is 0 Å². The first-order valence-electron chi connectivity index (χ1n) is 5.53. The number of benzene rings is 1. The maximum Gasteiger partial charge on any atom is 0.122 e. The van der Waals surface area contributed by atoms with E-state index in [1.807, 2.05) is 43.5 Å². The summed E-state index contributed by atoms with van der Waals surface area (Å²) in [5.74, 6) is 0.818. The van der Waals surface area contributed by atoms with Crippen LogP contribution in [0.1, 0.15) is 29.3 Å². The van der Waals surface area contributed by atoms with Gasteiger partial charge in [-0.15, -0.1) is 11.3 Å². The predicted octanol–water partition coefficient (Wildman–Crippen LogP) is 2.93. The number of nitrogens with zero attached hydrogens (tertiary/aromatic N) is 1. The second kappa shape index (κ2) is 5.29. The van der Waals surface area contributed by atoms with Crippen LogP contribution in [0, 0.1) is 6.92 Å². The lowest BCUT2D eigenvalue weighted by molar-refractivity contribution is 0.216. The fraction of sp³-hybridized carbons (Fsp3) is 0.308. The van der Waals surface area contributed by atoms with Crippen molar-refractivity contribution in [1.82, 2.24) is 4.98 Å². The number of rotatable bonds is 4. The number of thiazole rings is 1. The summed E-state index contributed by atoms with van der Waals surface area (Å²) in [6, 6.07) is 7.46. The van der Waals surface area contributed by atoms with Crippen molar-refractivity contribution in [2.24, 2.45) is 0 Å². The number of aliphatic hydroxyl groups excluding tert-OH is 1. The fourth-order valence-electron chi connectivity index (χ4n) is 1.59. The third kappa shape index (κ3) is 2.84. The number of ether oxygens (including phenoxy) is 1. The number of aryl methyl sites for hydroxylation is 1. The number of aromatic nitrogens is 1. The maximum atomic E-state index is 10.1. The van der Waals surface area contributed by atoms with Crippen molar-refractivity contribution in [2.45, 2.75) is 20.0 Å². The Bertz CT molecular complexity index is 478. The minimum Gasteiger partial charge on any atom is -0.494 e. The first-order chi connectivity index (χ1) is 8.20. The third-order valence-electron chi connectivity index (χ3n) is 2.42. The van der Waals surface area contributed by atoms with Crippen LogP contribution in [0.15, 0.2) is 29.6 Å². The van der Waals surface area contributed by atoms with Gasteiger partial charge in [0, 0.05) is 5.38 Å². The van der Waals surface area contributed by atoms with Gasteiger partial charge in [-0.2, -0.15) is 0 Å². The molecule has 1 aromatic carbocycles. The van der Waals surface area contributed by atoms with Crippen LogP contribution in [0.4, 0.5) is 0 Å². The summed E-state index contributed by atoms with van der Waals surface area (Å²) in [7, 11) is 0. The summed E-state index contributed by atoms with van der Waals surface area (Å²) in [5, 5.41) is 13.0. The van der Waals surface area contributed by atoms with Gasteiger partial charge in [-0.3, -0.25) is 0 Å². The fourth-order valence-corrected chi connectivity index (χ4v) is 2.22. The molecule has 0 radical (unpaired) electrons. The molecular formula is C13H15NO2S. The van der Waals surface area contributed by atoms with Crippen molar-refractivity contribution in [3.63, 3.8) is 0 Å². The molecule has 1 atom stereocenters. The second-order valence-corrected chi connectivity index (χ2v) is 4.76. The lowest BCUT2D eigenvalue weighted by Crippen LogP contribution is -2.00. The SMILES string of the molecule is CCOc1ccc(C(O)c2csc(C)n2)cc1. The van der Waals surface area contributed by atoms with E-state index in [2.05, 4.69) is 4.98 Å². The van der Waals surface area contributed by atoms with E-state index in [0.29, 0.717) is 12.3 Å². The molecule has 17 heavy (non-hydrogen) atoms. The molecule has 0 bridgehead atoms. The van der Waals surface area contributed by atoms with Crippen LogP contribution in [0.5, 0.6) is 5.75 Å². The molecule has 1 unspecified atom stereocenters. The molecule has 3 nitrogen and oxygen atoms in total. The summed E-state index contributed by atoms with van der Waals surface area (Å²) < 4.78 is 5.36. The molecule has 0 aliphatic heterocycles. The Morgan fingerprint density at radius 3 is 2.59 bits per heavy atom. The zero-order chi connectivity index (χ0) is 12.3. The van der Waals surface area contributed by atoms with Crippen LogP contribution in [-0.2, 0) is 0 Å². The minimum absolute atomic E-state index is 0.646. The molecular weight excluding hydrogens is 234 g/mol. The lowest BCUT2D eigenvalue weighted by Gasteiger charge is -2.09. The van der Waals surface area contributed by atoms with Gasteiger partial charge < -0.3 is 9.84 Å². The summed E-state index contributed by atoms with van der Waals surface area (Å²) in [6.45, 7) is 4.52. The standard InChI is InChI=1S/C13H15NO2S/c1-3-16-11-6-4-10(5-7-11)13(15)12-8-17-9(2)14-12/h4-8,13,15H,3H2,1-2H3. The molecule has 0 fully saturated rings. The van der Waals surface area contributed by atoms with Gasteiger partial charge >= 0.3 is 0 Å². The summed E-state index contributed by atoms with van der Waals surface area (Å²) >= 11 is 1.54. The molecule has 4 heteroatoms. The zero-order valence-corrected chi connectivity index (χ0v) is 10.7. The first-order valence-corrected chi connectivity index (χ1v) is 6.41. The smallest absolute Gasteiger partial charge is 0.122 e. The third-order valence-corrected chi connectivity index (χ3v) is 3.22. The van der Waals surface area contributed by atoms with Gasteiger partial charge in [0.2, 0.25) is 0 Å². The molecule has 0 saturated carbocycles. The number of aliphatic hydroxyl groups is 1. The Morgan fingerprint density at radius 2 is 2.06 bits per heavy atom. The van der Waals surface area contributed by atoms with Crippen LogP contribution in [0.25, 0.3) is 0 Å². The monoisotopic (exact) mass is 249 g/mol. The topological polar surface area (TPSA) is 42.4 Å². The molecule has 0 aliphatic carbocycles. The normalized spacial score (nSPS) is 12.4. The van der Waals surface area contributed by atoms with Gasteiger partial charge in [-0.25, -0.2) is 4.98 Å². The predicted molar refractivity (Wildman–Crippen MR) is 68.5 cm³/mol. The van der Waals surface area contributed by atoms with Crippen molar-refractivity contribution in [3.8, 4) is 5.75 Å². The summed E-state index contributed by atoms with van der Waals surface area (Å²) in [4.78, 5) is 4.28. The van der Waals surface area contributed by atoms with Crippen molar-refractivity contribution in [1.29, 1.82) is 0 Å². The van der Waals surface area contributed by atoms with E-state index in [4.69, 9.17) is 4.74 Å². The molecule has 2 rings (SSSR count). The molecule has 2 aromatic rings. The van der Waals surface area contributed by atoms with Crippen molar-refractivity contribution < 1.29 is 9.84 Å². The van der Waals surface area contributed by atoms with E-state index >= 15 is 0 Å². The lowest BCUT2D eigenvalue weighted by atomic mass is 10.1. The Hall–Kier alpha value is -1.39. The molecule has 0 amide bonds. The highest BCUT2D eigenvalue weighted by Gasteiger charge is 2.13. The highest BCUT2D eigenvalue weighted by Crippen LogP contribution is 2.24. The van der Waals surface area contributed by atoms with Crippen molar-refractivity contribution >= 4 is 11.3 Å². The summed E-state index contributed by atoms with van der Waals surface area (Å²) in [6.07, 6.45) is -0.657. The van der Waals surface area contributed by atoms with E-state index in [9.17, 15) is 5.11 Å². The van der Waals surface area contributed by atoms with Crippen molar-refractivity contribution in [3.05, 3.63) is 45.9 Å². The van der Waals surface area contributed by atoms with E-state index in [1.54, 1.807) is 11.3 Å². The Balaban J connectivity index is 2.16. The van der Waals surface area contributed by atoms with Gasteiger partial charge in [-0.1, -0.05) is 12.1 Å².